The van der Waals surface area contributed by atoms with E-state index in [-0.39, 0.29) is 30.3 Å². The first-order valence-electron chi connectivity index (χ1n) is 12.9. The molecule has 0 fully saturated rings. The van der Waals surface area contributed by atoms with E-state index in [0.29, 0.717) is 32.6 Å². The Bertz CT molecular complexity index is 1650. The average Bonchev–Trinajstić information content (AvgIpc) is 3.00. The number of rotatable bonds is 11. The summed E-state index contributed by atoms with van der Waals surface area (Å²) in [5, 5.41) is 10.2. The predicted octanol–water partition coefficient (Wildman–Crippen LogP) is 5.67. The van der Waals surface area contributed by atoms with Gasteiger partial charge in [0.1, 0.15) is 12.4 Å². The fourth-order valence-electron chi connectivity index (χ4n) is 4.20. The van der Waals surface area contributed by atoms with Gasteiger partial charge in [0.25, 0.3) is 5.91 Å². The highest BCUT2D eigenvalue weighted by atomic mass is 79.9. The molecular formula is C30H27BrCl2N4O7. The SMILES string of the molecule is COC(=O)C1=C(C)NC(=O)N[C@@H]1c1ccc(OCC(=O)N/N=C\c2cc(Br)ccc2OCc2ccc(Cl)c(Cl)c2)c(OC)c1. The van der Waals surface area contributed by atoms with Gasteiger partial charge < -0.3 is 29.6 Å². The van der Waals surface area contributed by atoms with Crippen molar-refractivity contribution < 1.29 is 33.3 Å². The Labute approximate surface area is 271 Å². The van der Waals surface area contributed by atoms with E-state index < -0.39 is 23.9 Å². The minimum absolute atomic E-state index is 0.240. The molecule has 1 atom stereocenters. The van der Waals surface area contributed by atoms with E-state index >= 15 is 0 Å². The van der Waals surface area contributed by atoms with E-state index in [1.54, 1.807) is 49.4 Å². The first-order valence-corrected chi connectivity index (χ1v) is 14.5. The van der Waals surface area contributed by atoms with Gasteiger partial charge >= 0.3 is 12.0 Å². The number of hydrogen-bond donors (Lipinski definition) is 3. The Hall–Kier alpha value is -4.26. The van der Waals surface area contributed by atoms with Crippen molar-refractivity contribution in [1.82, 2.24) is 16.1 Å². The summed E-state index contributed by atoms with van der Waals surface area (Å²) in [5.74, 6) is -0.0432. The Morgan fingerprint density at radius 2 is 1.77 bits per heavy atom. The number of nitrogens with zero attached hydrogens (tertiary/aromatic N) is 1. The van der Waals surface area contributed by atoms with Crippen molar-refractivity contribution in [3.05, 3.63) is 97.1 Å². The van der Waals surface area contributed by atoms with E-state index in [9.17, 15) is 14.4 Å². The summed E-state index contributed by atoms with van der Waals surface area (Å²) in [4.78, 5) is 37.0. The summed E-state index contributed by atoms with van der Waals surface area (Å²) >= 11 is 15.5. The van der Waals surface area contributed by atoms with Crippen molar-refractivity contribution in [3.8, 4) is 17.2 Å². The van der Waals surface area contributed by atoms with Crippen molar-refractivity contribution in [2.45, 2.75) is 19.6 Å². The number of benzene rings is 3. The topological polar surface area (TPSA) is 137 Å². The molecule has 0 saturated heterocycles. The van der Waals surface area contributed by atoms with Gasteiger partial charge in [0.05, 0.1) is 42.1 Å². The molecule has 0 saturated carbocycles. The summed E-state index contributed by atoms with van der Waals surface area (Å²) in [6.45, 7) is 1.48. The number of hydrogen-bond acceptors (Lipinski definition) is 8. The van der Waals surface area contributed by atoms with Gasteiger partial charge in [0, 0.05) is 15.7 Å². The molecule has 14 heteroatoms. The standard InChI is InChI=1S/C30H27BrCl2N4O7/c1-16-27(29(39)42-3)28(36-30(40)35-16)18-5-8-24(25(12-18)41-2)44-15-26(38)37-34-13-19-11-20(31)6-9-23(19)43-14-17-4-7-21(32)22(33)10-17/h4-13,28H,14-15H2,1-3H3,(H,37,38)(H2,35,36,40)/b34-13-/t28-/m1/s1. The van der Waals surface area contributed by atoms with Gasteiger partial charge in [0.2, 0.25) is 0 Å². The van der Waals surface area contributed by atoms with Crippen LogP contribution in [0.25, 0.3) is 0 Å². The summed E-state index contributed by atoms with van der Waals surface area (Å²) in [7, 11) is 2.69. The van der Waals surface area contributed by atoms with Crippen LogP contribution in [0.2, 0.25) is 10.0 Å². The number of allylic oxidation sites excluding steroid dienone is 1. The summed E-state index contributed by atoms with van der Waals surface area (Å²) in [6.07, 6.45) is 1.45. The second-order valence-electron chi connectivity index (χ2n) is 9.27. The summed E-state index contributed by atoms with van der Waals surface area (Å²) < 4.78 is 22.7. The molecular weight excluding hydrogens is 679 g/mol. The third kappa shape index (κ3) is 8.22. The van der Waals surface area contributed by atoms with Crippen LogP contribution in [0.15, 0.2) is 75.4 Å². The molecule has 1 aliphatic rings. The summed E-state index contributed by atoms with van der Waals surface area (Å²) in [6, 6.07) is 14.2. The van der Waals surface area contributed by atoms with Gasteiger partial charge in [-0.1, -0.05) is 51.3 Å². The molecule has 0 spiro atoms. The zero-order chi connectivity index (χ0) is 31.8. The average molecular weight is 706 g/mol. The van der Waals surface area contributed by atoms with Crippen LogP contribution in [0.4, 0.5) is 4.79 Å². The van der Waals surface area contributed by atoms with Crippen molar-refractivity contribution >= 4 is 63.3 Å². The van der Waals surface area contributed by atoms with Crippen LogP contribution in [0, 0.1) is 0 Å². The van der Waals surface area contributed by atoms with Gasteiger partial charge in [-0.25, -0.2) is 15.0 Å². The van der Waals surface area contributed by atoms with Gasteiger partial charge in [-0.2, -0.15) is 5.10 Å². The highest BCUT2D eigenvalue weighted by molar-refractivity contribution is 9.10. The van der Waals surface area contributed by atoms with Crippen LogP contribution in [0.3, 0.4) is 0 Å². The Kier molecular flexibility index (Phi) is 11.1. The van der Waals surface area contributed by atoms with Crippen molar-refractivity contribution in [1.29, 1.82) is 0 Å². The van der Waals surface area contributed by atoms with Crippen LogP contribution in [-0.2, 0) is 20.9 Å². The zero-order valence-corrected chi connectivity index (χ0v) is 26.8. The number of ether oxygens (including phenoxy) is 4. The van der Waals surface area contributed by atoms with Gasteiger partial charge in [-0.15, -0.1) is 0 Å². The Balaban J connectivity index is 1.39. The second-order valence-corrected chi connectivity index (χ2v) is 11.0. The normalized spacial score (nSPS) is 14.5. The molecule has 3 aromatic carbocycles. The molecule has 0 unspecified atom stereocenters. The van der Waals surface area contributed by atoms with Crippen molar-refractivity contribution in [2.75, 3.05) is 20.8 Å². The van der Waals surface area contributed by atoms with E-state index in [1.165, 1.54) is 20.4 Å². The molecule has 3 aromatic rings. The molecule has 1 heterocycles. The second kappa shape index (κ2) is 15.0. The van der Waals surface area contributed by atoms with Gasteiger partial charge in [-0.3, -0.25) is 4.79 Å². The number of carbonyl (C=O) groups is 3. The van der Waals surface area contributed by atoms with E-state index in [4.69, 9.17) is 42.1 Å². The maximum absolute atomic E-state index is 12.5. The molecule has 0 aromatic heterocycles. The largest absolute Gasteiger partial charge is 0.493 e. The number of esters is 1. The quantitative estimate of drug-likeness (QED) is 0.133. The number of nitrogens with one attached hydrogen (secondary N) is 3. The maximum atomic E-state index is 12.5. The molecule has 3 N–H and O–H groups in total. The van der Waals surface area contributed by atoms with E-state index in [2.05, 4.69) is 37.1 Å². The number of halogens is 3. The van der Waals surface area contributed by atoms with Gasteiger partial charge in [0.15, 0.2) is 18.1 Å². The van der Waals surface area contributed by atoms with Crippen LogP contribution in [0.5, 0.6) is 17.2 Å². The van der Waals surface area contributed by atoms with Crippen LogP contribution in [0.1, 0.15) is 29.7 Å². The molecule has 3 amide bonds. The molecule has 1 aliphatic heterocycles. The number of hydrazone groups is 1. The molecule has 0 bridgehead atoms. The molecule has 11 nitrogen and oxygen atoms in total. The Morgan fingerprint density at radius 1 is 1.00 bits per heavy atom. The molecule has 230 valence electrons. The fraction of sp³-hybridized carbons (Fsp3) is 0.200. The zero-order valence-electron chi connectivity index (χ0n) is 23.7. The molecule has 0 radical (unpaired) electrons. The first kappa shape index (κ1) is 32.6. The van der Waals surface area contributed by atoms with E-state index in [0.717, 1.165) is 10.0 Å². The highest BCUT2D eigenvalue weighted by Gasteiger charge is 2.32. The lowest BCUT2D eigenvalue weighted by molar-refractivity contribution is -0.136. The third-order valence-corrected chi connectivity index (χ3v) is 7.53. The lowest BCUT2D eigenvalue weighted by Gasteiger charge is -2.28. The van der Waals surface area contributed by atoms with Crippen LogP contribution < -0.4 is 30.3 Å². The Morgan fingerprint density at radius 3 is 2.50 bits per heavy atom. The monoisotopic (exact) mass is 704 g/mol. The number of amides is 3. The smallest absolute Gasteiger partial charge is 0.337 e. The minimum atomic E-state index is -0.785. The fourth-order valence-corrected chi connectivity index (χ4v) is 4.90. The highest BCUT2D eigenvalue weighted by Crippen LogP contribution is 2.34. The molecule has 0 aliphatic carbocycles. The van der Waals surface area contributed by atoms with Crippen LogP contribution >= 0.6 is 39.1 Å². The molecule has 4 rings (SSSR count). The van der Waals surface area contributed by atoms with E-state index in [1.807, 2.05) is 12.1 Å². The van der Waals surface area contributed by atoms with Crippen molar-refractivity contribution in [3.63, 3.8) is 0 Å². The van der Waals surface area contributed by atoms with Crippen molar-refractivity contribution in [2.24, 2.45) is 5.10 Å². The van der Waals surface area contributed by atoms with Gasteiger partial charge in [-0.05, 0) is 60.5 Å². The number of methoxy groups -OCH3 is 2. The third-order valence-electron chi connectivity index (χ3n) is 6.30. The molecule has 44 heavy (non-hydrogen) atoms. The van der Waals surface area contributed by atoms with Crippen LogP contribution in [-0.4, -0.2) is 44.9 Å². The lowest BCUT2D eigenvalue weighted by Crippen LogP contribution is -2.45. The number of urea groups is 1. The maximum Gasteiger partial charge on any atom is 0.337 e. The summed E-state index contributed by atoms with van der Waals surface area (Å²) in [5.41, 5.74) is 5.02. The number of carbonyl (C=O) groups excluding carboxylic acids is 3. The lowest BCUT2D eigenvalue weighted by atomic mass is 9.95. The first-order chi connectivity index (χ1) is 21.1. The minimum Gasteiger partial charge on any atom is -0.493 e. The predicted molar refractivity (Wildman–Crippen MR) is 168 cm³/mol.